The second kappa shape index (κ2) is 4.80. The lowest BCUT2D eigenvalue weighted by Crippen LogP contribution is -2.04. The number of thioether (sulfide) groups is 1. The quantitative estimate of drug-likeness (QED) is 0.649. The Morgan fingerprint density at radius 3 is 2.88 bits per heavy atom. The van der Waals surface area contributed by atoms with Gasteiger partial charge >= 0.3 is 0 Å². The van der Waals surface area contributed by atoms with Gasteiger partial charge < -0.3 is 5.73 Å². The molecule has 0 atom stereocenters. The number of hydrogen-bond donors (Lipinski definition) is 1. The molecule has 0 spiro atoms. The van der Waals surface area contributed by atoms with Crippen molar-refractivity contribution in [1.29, 1.82) is 0 Å². The molecule has 0 amide bonds. The van der Waals surface area contributed by atoms with Crippen LogP contribution in [0.4, 0.5) is 5.69 Å². The van der Waals surface area contributed by atoms with Crippen molar-refractivity contribution in [2.24, 2.45) is 10.7 Å². The van der Waals surface area contributed by atoms with Crippen molar-refractivity contribution < 1.29 is 0 Å². The van der Waals surface area contributed by atoms with Crippen LogP contribution in [0.3, 0.4) is 0 Å². The fourth-order valence-electron chi connectivity index (χ4n) is 1.24. The van der Waals surface area contributed by atoms with Crippen LogP contribution in [-0.2, 0) is 0 Å². The van der Waals surface area contributed by atoms with Gasteiger partial charge in [0, 0.05) is 12.4 Å². The Morgan fingerprint density at radius 1 is 1.38 bits per heavy atom. The minimum Gasteiger partial charge on any atom is -0.378 e. The number of amidine groups is 1. The van der Waals surface area contributed by atoms with Crippen molar-refractivity contribution in [2.75, 3.05) is 6.26 Å². The summed E-state index contributed by atoms with van der Waals surface area (Å²) in [7, 11) is 0. The van der Waals surface area contributed by atoms with Gasteiger partial charge in [-0.3, -0.25) is 9.97 Å². The SMILES string of the molecule is CSC(N)=Nc1ccc2nccnc2c1Br. The Labute approximate surface area is 106 Å². The van der Waals surface area contributed by atoms with E-state index in [1.807, 2.05) is 18.4 Å². The van der Waals surface area contributed by atoms with Crippen molar-refractivity contribution in [3.8, 4) is 0 Å². The molecule has 0 aliphatic rings. The van der Waals surface area contributed by atoms with Gasteiger partial charge in [0.1, 0.15) is 5.52 Å². The average molecular weight is 297 g/mol. The first-order valence-electron chi connectivity index (χ1n) is 4.49. The lowest BCUT2D eigenvalue weighted by Gasteiger charge is -2.03. The summed E-state index contributed by atoms with van der Waals surface area (Å²) in [6.07, 6.45) is 5.19. The fourth-order valence-corrected chi connectivity index (χ4v) is 1.96. The van der Waals surface area contributed by atoms with E-state index in [1.165, 1.54) is 11.8 Å². The molecule has 0 saturated heterocycles. The molecule has 0 fully saturated rings. The first-order chi connectivity index (χ1) is 7.72. The highest BCUT2D eigenvalue weighted by Gasteiger charge is 2.06. The molecule has 82 valence electrons. The molecule has 4 nitrogen and oxygen atoms in total. The largest absolute Gasteiger partial charge is 0.378 e. The molecule has 1 heterocycles. The molecule has 6 heteroatoms. The molecule has 1 aromatic heterocycles. The minimum atomic E-state index is 0.518. The summed E-state index contributed by atoms with van der Waals surface area (Å²) in [5.41, 5.74) is 8.06. The first kappa shape index (κ1) is 11.3. The van der Waals surface area contributed by atoms with E-state index < -0.39 is 0 Å². The summed E-state index contributed by atoms with van der Waals surface area (Å²) < 4.78 is 0.815. The van der Waals surface area contributed by atoms with Gasteiger partial charge in [-0.05, 0) is 34.3 Å². The maximum atomic E-state index is 5.67. The molecule has 0 radical (unpaired) electrons. The number of nitrogens with zero attached hydrogens (tertiary/aromatic N) is 3. The summed E-state index contributed by atoms with van der Waals surface area (Å²) in [6, 6.07) is 3.74. The van der Waals surface area contributed by atoms with Crippen LogP contribution in [0.1, 0.15) is 0 Å². The lowest BCUT2D eigenvalue weighted by atomic mass is 10.2. The monoisotopic (exact) mass is 296 g/mol. The number of halogens is 1. The van der Waals surface area contributed by atoms with Crippen LogP contribution >= 0.6 is 27.7 Å². The van der Waals surface area contributed by atoms with E-state index in [0.29, 0.717) is 5.17 Å². The first-order valence-corrected chi connectivity index (χ1v) is 6.51. The summed E-state index contributed by atoms with van der Waals surface area (Å²) in [5.74, 6) is 0. The number of fused-ring (bicyclic) bond motifs is 1. The lowest BCUT2D eigenvalue weighted by molar-refractivity contribution is 1.28. The predicted octanol–water partition coefficient (Wildman–Crippen LogP) is 2.70. The fraction of sp³-hybridized carbons (Fsp3) is 0.100. The van der Waals surface area contributed by atoms with E-state index in [2.05, 4.69) is 30.9 Å². The summed E-state index contributed by atoms with van der Waals surface area (Å²) in [5, 5.41) is 0.518. The number of aliphatic imine (C=N–C) groups is 1. The molecule has 16 heavy (non-hydrogen) atoms. The van der Waals surface area contributed by atoms with Crippen molar-refractivity contribution in [2.45, 2.75) is 0 Å². The molecule has 0 aliphatic carbocycles. The van der Waals surface area contributed by atoms with E-state index in [9.17, 15) is 0 Å². The number of nitrogens with two attached hydrogens (primary N) is 1. The van der Waals surface area contributed by atoms with E-state index in [-0.39, 0.29) is 0 Å². The minimum absolute atomic E-state index is 0.518. The topological polar surface area (TPSA) is 64.2 Å². The molecule has 0 aliphatic heterocycles. The molecule has 0 saturated carbocycles. The molecular formula is C10H9BrN4S. The third kappa shape index (κ3) is 2.17. The van der Waals surface area contributed by atoms with Crippen LogP contribution in [0.5, 0.6) is 0 Å². The molecule has 2 N–H and O–H groups in total. The third-order valence-corrected chi connectivity index (χ3v) is 3.29. The normalized spacial score (nSPS) is 12.0. The summed E-state index contributed by atoms with van der Waals surface area (Å²) in [6.45, 7) is 0. The second-order valence-corrected chi connectivity index (χ2v) is 4.60. The van der Waals surface area contributed by atoms with Gasteiger partial charge in [0.15, 0.2) is 5.17 Å². The highest BCUT2D eigenvalue weighted by Crippen LogP contribution is 2.31. The standard InChI is InChI=1S/C10H9BrN4S/c1-16-10(12)15-6-2-3-7-9(8(6)11)14-5-4-13-7/h2-5H,1H3,(H2,12,15). The van der Waals surface area contributed by atoms with Gasteiger partial charge in [0.05, 0.1) is 15.7 Å². The average Bonchev–Trinajstić information content (AvgIpc) is 2.33. The van der Waals surface area contributed by atoms with Crippen LogP contribution in [0.2, 0.25) is 0 Å². The van der Waals surface area contributed by atoms with Crippen molar-refractivity contribution in [3.05, 3.63) is 29.0 Å². The van der Waals surface area contributed by atoms with E-state index in [1.54, 1.807) is 12.4 Å². The van der Waals surface area contributed by atoms with Gasteiger partial charge in [-0.15, -0.1) is 0 Å². The Bertz CT molecular complexity index is 556. The molecular weight excluding hydrogens is 288 g/mol. The van der Waals surface area contributed by atoms with E-state index >= 15 is 0 Å². The molecule has 2 aromatic rings. The third-order valence-electron chi connectivity index (χ3n) is 2.00. The Hall–Kier alpha value is -1.14. The molecule has 0 bridgehead atoms. The van der Waals surface area contributed by atoms with Gasteiger partial charge in [-0.25, -0.2) is 4.99 Å². The maximum Gasteiger partial charge on any atom is 0.158 e. The molecule has 1 aromatic carbocycles. The number of hydrogen-bond acceptors (Lipinski definition) is 4. The predicted molar refractivity (Wildman–Crippen MR) is 72.0 cm³/mol. The van der Waals surface area contributed by atoms with Crippen LogP contribution in [-0.4, -0.2) is 21.4 Å². The Morgan fingerprint density at radius 2 is 2.12 bits per heavy atom. The summed E-state index contributed by atoms with van der Waals surface area (Å²) >= 11 is 4.87. The zero-order valence-electron chi connectivity index (χ0n) is 8.51. The van der Waals surface area contributed by atoms with Crippen molar-refractivity contribution in [3.63, 3.8) is 0 Å². The summed E-state index contributed by atoms with van der Waals surface area (Å²) in [4.78, 5) is 12.7. The highest BCUT2D eigenvalue weighted by molar-refractivity contribution is 9.10. The molecule has 0 unspecified atom stereocenters. The van der Waals surface area contributed by atoms with Crippen LogP contribution in [0, 0.1) is 0 Å². The molecule has 2 rings (SSSR count). The number of aromatic nitrogens is 2. The number of benzene rings is 1. The van der Waals surface area contributed by atoms with Gasteiger partial charge in [0.2, 0.25) is 0 Å². The Kier molecular flexibility index (Phi) is 3.40. The number of rotatable bonds is 1. The van der Waals surface area contributed by atoms with Crippen LogP contribution in [0.25, 0.3) is 11.0 Å². The van der Waals surface area contributed by atoms with Gasteiger partial charge in [0.25, 0.3) is 0 Å². The van der Waals surface area contributed by atoms with Crippen LogP contribution < -0.4 is 5.73 Å². The van der Waals surface area contributed by atoms with Crippen molar-refractivity contribution in [1.82, 2.24) is 9.97 Å². The second-order valence-electron chi connectivity index (χ2n) is 2.98. The zero-order chi connectivity index (χ0) is 11.5. The highest BCUT2D eigenvalue weighted by atomic mass is 79.9. The van der Waals surface area contributed by atoms with Crippen LogP contribution in [0.15, 0.2) is 34.0 Å². The van der Waals surface area contributed by atoms with Gasteiger partial charge in [-0.1, -0.05) is 11.8 Å². The smallest absolute Gasteiger partial charge is 0.158 e. The zero-order valence-corrected chi connectivity index (χ0v) is 10.9. The Balaban J connectivity index is 2.61. The van der Waals surface area contributed by atoms with Gasteiger partial charge in [-0.2, -0.15) is 0 Å². The van der Waals surface area contributed by atoms with Crippen molar-refractivity contribution >= 4 is 49.6 Å². The van der Waals surface area contributed by atoms with E-state index in [0.717, 1.165) is 21.2 Å². The van der Waals surface area contributed by atoms with E-state index in [4.69, 9.17) is 5.73 Å². The maximum absolute atomic E-state index is 5.67.